The van der Waals surface area contributed by atoms with Gasteiger partial charge in [-0.1, -0.05) is 0 Å². The molecule has 3 atom stereocenters. The molecule has 1 saturated carbocycles. The fourth-order valence-corrected chi connectivity index (χ4v) is 2.59. The molecule has 3 fully saturated rings. The lowest BCUT2D eigenvalue weighted by atomic mass is 9.90. The summed E-state index contributed by atoms with van der Waals surface area (Å²) < 4.78 is 11.5. The highest BCUT2D eigenvalue weighted by Gasteiger charge is 2.40. The van der Waals surface area contributed by atoms with E-state index in [0.29, 0.717) is 12.2 Å². The molecule has 3 rings (SSSR count). The number of rotatable bonds is 4. The Labute approximate surface area is 79.6 Å². The van der Waals surface area contributed by atoms with Crippen LogP contribution in [0.4, 0.5) is 0 Å². The fourth-order valence-electron chi connectivity index (χ4n) is 2.59. The Morgan fingerprint density at radius 1 is 1.08 bits per heavy atom. The lowest BCUT2D eigenvalue weighted by Crippen LogP contribution is -2.22. The predicted molar refractivity (Wildman–Crippen MR) is 49.5 cm³/mol. The van der Waals surface area contributed by atoms with Crippen molar-refractivity contribution in [2.75, 3.05) is 13.2 Å². The molecule has 0 radical (unpaired) electrons. The minimum absolute atomic E-state index is 0.546. The molecule has 2 saturated heterocycles. The zero-order valence-electron chi connectivity index (χ0n) is 8.08. The molecule has 2 aliphatic heterocycles. The normalized spacial score (nSPS) is 42.9. The molecule has 0 aromatic rings. The van der Waals surface area contributed by atoms with Gasteiger partial charge in [0.25, 0.3) is 0 Å². The molecule has 3 unspecified atom stereocenters. The lowest BCUT2D eigenvalue weighted by molar-refractivity contribution is 0.0478. The fraction of sp³-hybridized carbons (Fsp3) is 1.00. The first-order valence-electron chi connectivity index (χ1n) is 5.65. The Morgan fingerprint density at radius 2 is 2.00 bits per heavy atom. The molecule has 3 aliphatic rings. The van der Waals surface area contributed by atoms with Crippen LogP contribution in [0.2, 0.25) is 0 Å². The van der Waals surface area contributed by atoms with E-state index < -0.39 is 0 Å². The van der Waals surface area contributed by atoms with Crippen LogP contribution in [0.15, 0.2) is 0 Å². The molecule has 1 aliphatic carbocycles. The molecule has 2 nitrogen and oxygen atoms in total. The van der Waals surface area contributed by atoms with Gasteiger partial charge < -0.3 is 9.47 Å². The van der Waals surface area contributed by atoms with E-state index in [4.69, 9.17) is 9.47 Å². The van der Waals surface area contributed by atoms with Gasteiger partial charge in [0.15, 0.2) is 0 Å². The minimum Gasteiger partial charge on any atom is -0.381 e. The quantitative estimate of drug-likeness (QED) is 0.662. The minimum atomic E-state index is 0.546. The van der Waals surface area contributed by atoms with Gasteiger partial charge in [-0.25, -0.2) is 0 Å². The summed E-state index contributed by atoms with van der Waals surface area (Å²) in [5.74, 6) is 1.62. The first kappa shape index (κ1) is 8.25. The summed E-state index contributed by atoms with van der Waals surface area (Å²) in [5.41, 5.74) is 0. The van der Waals surface area contributed by atoms with Gasteiger partial charge in [0.1, 0.15) is 0 Å². The van der Waals surface area contributed by atoms with Crippen LogP contribution in [-0.2, 0) is 9.47 Å². The molecule has 2 heterocycles. The molecule has 2 heteroatoms. The van der Waals surface area contributed by atoms with Crippen molar-refractivity contribution >= 4 is 0 Å². The van der Waals surface area contributed by atoms with Gasteiger partial charge in [-0.2, -0.15) is 0 Å². The van der Waals surface area contributed by atoms with Crippen molar-refractivity contribution in [3.05, 3.63) is 0 Å². The third kappa shape index (κ3) is 1.75. The Balaban J connectivity index is 1.40. The molecule has 0 amide bonds. The van der Waals surface area contributed by atoms with Crippen molar-refractivity contribution in [2.45, 2.75) is 44.3 Å². The van der Waals surface area contributed by atoms with E-state index in [2.05, 4.69) is 0 Å². The SMILES string of the molecule is C1CC1COCC1CC2CCC1O2. The number of hydrogen-bond donors (Lipinski definition) is 0. The van der Waals surface area contributed by atoms with Gasteiger partial charge in [0, 0.05) is 12.5 Å². The highest BCUT2D eigenvalue weighted by Crippen LogP contribution is 2.39. The first-order valence-corrected chi connectivity index (χ1v) is 5.65. The first-order chi connectivity index (χ1) is 6.42. The summed E-state index contributed by atoms with van der Waals surface area (Å²) in [6.07, 6.45) is 7.76. The summed E-state index contributed by atoms with van der Waals surface area (Å²) in [5, 5.41) is 0. The summed E-state index contributed by atoms with van der Waals surface area (Å²) in [7, 11) is 0. The smallest absolute Gasteiger partial charge is 0.0630 e. The Bertz CT molecular complexity index is 189. The van der Waals surface area contributed by atoms with Crippen LogP contribution in [0.1, 0.15) is 32.1 Å². The maximum absolute atomic E-state index is 5.78. The molecular weight excluding hydrogens is 164 g/mol. The third-order valence-electron chi connectivity index (χ3n) is 3.61. The summed E-state index contributed by atoms with van der Waals surface area (Å²) in [6.45, 7) is 1.96. The molecule has 2 bridgehead atoms. The van der Waals surface area contributed by atoms with Gasteiger partial charge in [-0.3, -0.25) is 0 Å². The van der Waals surface area contributed by atoms with Crippen molar-refractivity contribution in [3.8, 4) is 0 Å². The second kappa shape index (κ2) is 3.25. The van der Waals surface area contributed by atoms with Gasteiger partial charge >= 0.3 is 0 Å². The van der Waals surface area contributed by atoms with E-state index in [1.807, 2.05) is 0 Å². The van der Waals surface area contributed by atoms with Gasteiger partial charge in [-0.15, -0.1) is 0 Å². The molecule has 0 aromatic carbocycles. The van der Waals surface area contributed by atoms with E-state index in [9.17, 15) is 0 Å². The van der Waals surface area contributed by atoms with Crippen molar-refractivity contribution in [1.82, 2.24) is 0 Å². The van der Waals surface area contributed by atoms with Crippen LogP contribution < -0.4 is 0 Å². The zero-order valence-corrected chi connectivity index (χ0v) is 8.08. The van der Waals surface area contributed by atoms with E-state index in [1.54, 1.807) is 0 Å². The molecule has 0 aromatic heterocycles. The summed E-state index contributed by atoms with van der Waals surface area (Å²) in [6, 6.07) is 0. The predicted octanol–water partition coefficient (Wildman–Crippen LogP) is 1.98. The number of ether oxygens (including phenoxy) is 2. The Kier molecular flexibility index (Phi) is 2.06. The van der Waals surface area contributed by atoms with Crippen molar-refractivity contribution in [1.29, 1.82) is 0 Å². The summed E-state index contributed by atoms with van der Waals surface area (Å²) >= 11 is 0. The lowest BCUT2D eigenvalue weighted by Gasteiger charge is -2.18. The van der Waals surface area contributed by atoms with E-state index >= 15 is 0 Å². The highest BCUT2D eigenvalue weighted by atomic mass is 16.5. The van der Waals surface area contributed by atoms with Crippen molar-refractivity contribution in [2.24, 2.45) is 11.8 Å². The second-order valence-electron chi connectivity index (χ2n) is 4.85. The van der Waals surface area contributed by atoms with Crippen LogP contribution in [0.5, 0.6) is 0 Å². The van der Waals surface area contributed by atoms with Crippen LogP contribution in [0, 0.1) is 11.8 Å². The summed E-state index contributed by atoms with van der Waals surface area (Å²) in [4.78, 5) is 0. The number of fused-ring (bicyclic) bond motifs is 2. The van der Waals surface area contributed by atoms with E-state index in [0.717, 1.165) is 25.0 Å². The Morgan fingerprint density at radius 3 is 2.62 bits per heavy atom. The van der Waals surface area contributed by atoms with Crippen LogP contribution in [-0.4, -0.2) is 25.4 Å². The third-order valence-corrected chi connectivity index (χ3v) is 3.61. The van der Waals surface area contributed by atoms with Crippen LogP contribution >= 0.6 is 0 Å². The van der Waals surface area contributed by atoms with E-state index in [-0.39, 0.29) is 0 Å². The van der Waals surface area contributed by atoms with Gasteiger partial charge in [-0.05, 0) is 38.0 Å². The molecular formula is C11H18O2. The second-order valence-corrected chi connectivity index (χ2v) is 4.85. The largest absolute Gasteiger partial charge is 0.381 e. The zero-order chi connectivity index (χ0) is 8.67. The molecule has 74 valence electrons. The molecule has 0 spiro atoms. The monoisotopic (exact) mass is 182 g/mol. The van der Waals surface area contributed by atoms with Crippen LogP contribution in [0.3, 0.4) is 0 Å². The maximum Gasteiger partial charge on any atom is 0.0630 e. The average molecular weight is 182 g/mol. The molecule has 13 heavy (non-hydrogen) atoms. The van der Waals surface area contributed by atoms with E-state index in [1.165, 1.54) is 32.1 Å². The van der Waals surface area contributed by atoms with Gasteiger partial charge in [0.05, 0.1) is 18.8 Å². The molecule has 0 N–H and O–H groups in total. The van der Waals surface area contributed by atoms with Crippen molar-refractivity contribution in [3.63, 3.8) is 0 Å². The van der Waals surface area contributed by atoms with Crippen molar-refractivity contribution < 1.29 is 9.47 Å². The Hall–Kier alpha value is -0.0800. The van der Waals surface area contributed by atoms with Gasteiger partial charge in [0.2, 0.25) is 0 Å². The highest BCUT2D eigenvalue weighted by molar-refractivity contribution is 4.89. The topological polar surface area (TPSA) is 18.5 Å². The maximum atomic E-state index is 5.78. The van der Waals surface area contributed by atoms with Crippen LogP contribution in [0.25, 0.3) is 0 Å². The number of hydrogen-bond acceptors (Lipinski definition) is 2. The standard InChI is InChI=1S/C11H18O2/c1-2-8(1)6-12-7-9-5-10-3-4-11(9)13-10/h8-11H,1-7H2. The average Bonchev–Trinajstić information content (AvgIpc) is 2.74.